The number of carbonyl (C=O) groups is 1. The highest BCUT2D eigenvalue weighted by Gasteiger charge is 2.11. The SMILES string of the molecule is CCCCCOC(=O)Cn1c(=O)sc2ccccc21. The Hall–Kier alpha value is -1.62. The van der Waals surface area contributed by atoms with Gasteiger partial charge in [0, 0.05) is 0 Å². The Kier molecular flexibility index (Phi) is 4.74. The first-order valence-electron chi connectivity index (χ1n) is 6.46. The Morgan fingerprint density at radius 2 is 2.11 bits per heavy atom. The average Bonchev–Trinajstić information content (AvgIpc) is 2.72. The minimum Gasteiger partial charge on any atom is -0.464 e. The van der Waals surface area contributed by atoms with Gasteiger partial charge < -0.3 is 4.74 Å². The third kappa shape index (κ3) is 3.44. The normalized spacial score (nSPS) is 10.8. The number of rotatable bonds is 6. The number of fused-ring (bicyclic) bond motifs is 1. The quantitative estimate of drug-likeness (QED) is 0.603. The van der Waals surface area contributed by atoms with Gasteiger partial charge in [0.05, 0.1) is 16.8 Å². The summed E-state index contributed by atoms with van der Waals surface area (Å²) in [6.07, 6.45) is 3.02. The molecule has 0 fully saturated rings. The highest BCUT2D eigenvalue weighted by atomic mass is 32.1. The molecule has 0 spiro atoms. The molecule has 0 aliphatic rings. The molecule has 0 amide bonds. The molecule has 1 aromatic carbocycles. The molecule has 2 aromatic rings. The van der Waals surface area contributed by atoms with Crippen molar-refractivity contribution in [2.24, 2.45) is 0 Å². The van der Waals surface area contributed by atoms with Gasteiger partial charge in [0.2, 0.25) is 0 Å². The lowest BCUT2D eigenvalue weighted by molar-refractivity contribution is -0.144. The number of aromatic nitrogens is 1. The number of nitrogens with zero attached hydrogens (tertiary/aromatic N) is 1. The maximum atomic E-state index is 11.8. The standard InChI is InChI=1S/C14H17NO3S/c1-2-3-6-9-18-13(16)10-15-11-7-4-5-8-12(11)19-14(15)17/h4-5,7-8H,2-3,6,9-10H2,1H3. The monoisotopic (exact) mass is 279 g/mol. The molecule has 102 valence electrons. The van der Waals surface area contributed by atoms with E-state index in [4.69, 9.17) is 4.74 Å². The number of esters is 1. The van der Waals surface area contributed by atoms with Crippen molar-refractivity contribution in [2.45, 2.75) is 32.7 Å². The van der Waals surface area contributed by atoms with Crippen molar-refractivity contribution >= 4 is 27.5 Å². The third-order valence-electron chi connectivity index (χ3n) is 2.87. The molecule has 0 radical (unpaired) electrons. The molecular formula is C14H17NO3S. The van der Waals surface area contributed by atoms with Crippen LogP contribution in [0, 0.1) is 0 Å². The van der Waals surface area contributed by atoms with E-state index in [1.54, 1.807) is 0 Å². The van der Waals surface area contributed by atoms with Crippen LogP contribution >= 0.6 is 11.3 Å². The van der Waals surface area contributed by atoms with Crippen molar-refractivity contribution in [1.29, 1.82) is 0 Å². The van der Waals surface area contributed by atoms with Gasteiger partial charge in [-0.15, -0.1) is 0 Å². The van der Waals surface area contributed by atoms with Crippen molar-refractivity contribution in [1.82, 2.24) is 4.57 Å². The maximum absolute atomic E-state index is 11.8. The number of para-hydroxylation sites is 1. The lowest BCUT2D eigenvalue weighted by atomic mass is 10.3. The van der Waals surface area contributed by atoms with E-state index >= 15 is 0 Å². The van der Waals surface area contributed by atoms with Gasteiger partial charge in [-0.3, -0.25) is 14.2 Å². The number of benzene rings is 1. The van der Waals surface area contributed by atoms with Crippen LogP contribution in [0.1, 0.15) is 26.2 Å². The van der Waals surface area contributed by atoms with Crippen LogP contribution in [-0.4, -0.2) is 17.1 Å². The third-order valence-corrected chi connectivity index (χ3v) is 3.83. The minimum atomic E-state index is -0.346. The Bertz CT molecular complexity index is 614. The predicted molar refractivity (Wildman–Crippen MR) is 76.6 cm³/mol. The van der Waals surface area contributed by atoms with E-state index in [9.17, 15) is 9.59 Å². The van der Waals surface area contributed by atoms with Crippen LogP contribution in [0.2, 0.25) is 0 Å². The molecule has 19 heavy (non-hydrogen) atoms. The molecular weight excluding hydrogens is 262 g/mol. The summed E-state index contributed by atoms with van der Waals surface area (Å²) in [5.74, 6) is -0.346. The fraction of sp³-hybridized carbons (Fsp3) is 0.429. The summed E-state index contributed by atoms with van der Waals surface area (Å²) in [6.45, 7) is 2.53. The highest BCUT2D eigenvalue weighted by Crippen LogP contribution is 2.16. The van der Waals surface area contributed by atoms with Gasteiger partial charge in [-0.1, -0.05) is 43.2 Å². The predicted octanol–water partition coefficient (Wildman–Crippen LogP) is 2.80. The van der Waals surface area contributed by atoms with Crippen molar-refractivity contribution in [2.75, 3.05) is 6.61 Å². The largest absolute Gasteiger partial charge is 0.464 e. The molecule has 4 nitrogen and oxygen atoms in total. The van der Waals surface area contributed by atoms with Gasteiger partial charge in [0.25, 0.3) is 0 Å². The molecule has 1 aromatic heterocycles. The topological polar surface area (TPSA) is 48.3 Å². The lowest BCUT2D eigenvalue weighted by Crippen LogP contribution is -2.21. The van der Waals surface area contributed by atoms with Gasteiger partial charge in [-0.25, -0.2) is 0 Å². The average molecular weight is 279 g/mol. The second-order valence-corrected chi connectivity index (χ2v) is 5.34. The maximum Gasteiger partial charge on any atom is 0.326 e. The summed E-state index contributed by atoms with van der Waals surface area (Å²) in [7, 11) is 0. The molecule has 0 atom stereocenters. The van der Waals surface area contributed by atoms with Gasteiger partial charge in [0.15, 0.2) is 0 Å². The van der Waals surface area contributed by atoms with Crippen LogP contribution < -0.4 is 4.87 Å². The summed E-state index contributed by atoms with van der Waals surface area (Å²) in [5.41, 5.74) is 0.794. The van der Waals surface area contributed by atoms with Gasteiger partial charge >= 0.3 is 10.8 Å². The van der Waals surface area contributed by atoms with Crippen molar-refractivity contribution in [3.8, 4) is 0 Å². The van der Waals surface area contributed by atoms with E-state index in [-0.39, 0.29) is 17.4 Å². The van der Waals surface area contributed by atoms with Gasteiger partial charge in [-0.2, -0.15) is 0 Å². The Balaban J connectivity index is 2.03. The summed E-state index contributed by atoms with van der Waals surface area (Å²) in [5, 5.41) is 0. The zero-order chi connectivity index (χ0) is 13.7. The molecule has 0 aliphatic carbocycles. The first kappa shape index (κ1) is 13.8. The Morgan fingerprint density at radius 1 is 1.32 bits per heavy atom. The van der Waals surface area contributed by atoms with E-state index < -0.39 is 0 Å². The molecule has 0 N–H and O–H groups in total. The van der Waals surface area contributed by atoms with E-state index in [1.165, 1.54) is 4.57 Å². The molecule has 0 bridgehead atoms. The number of thiazole rings is 1. The highest BCUT2D eigenvalue weighted by molar-refractivity contribution is 7.16. The van der Waals surface area contributed by atoms with Crippen LogP contribution in [0.4, 0.5) is 0 Å². The van der Waals surface area contributed by atoms with Crippen molar-refractivity contribution < 1.29 is 9.53 Å². The van der Waals surface area contributed by atoms with E-state index in [1.807, 2.05) is 24.3 Å². The zero-order valence-corrected chi connectivity index (χ0v) is 11.7. The van der Waals surface area contributed by atoms with Crippen LogP contribution in [-0.2, 0) is 16.1 Å². The van der Waals surface area contributed by atoms with E-state index in [0.29, 0.717) is 6.61 Å². The van der Waals surface area contributed by atoms with Crippen LogP contribution in [0.3, 0.4) is 0 Å². The second-order valence-electron chi connectivity index (χ2n) is 4.35. The summed E-state index contributed by atoms with van der Waals surface area (Å²) >= 11 is 1.15. The summed E-state index contributed by atoms with van der Waals surface area (Å²) in [6, 6.07) is 7.46. The molecule has 0 aliphatic heterocycles. The first-order chi connectivity index (χ1) is 9.22. The van der Waals surface area contributed by atoms with E-state index in [2.05, 4.69) is 6.92 Å². The summed E-state index contributed by atoms with van der Waals surface area (Å²) in [4.78, 5) is 23.4. The molecule has 2 rings (SSSR count). The van der Waals surface area contributed by atoms with Crippen molar-refractivity contribution in [3.05, 3.63) is 33.9 Å². The molecule has 1 heterocycles. The number of hydrogen-bond acceptors (Lipinski definition) is 4. The number of carbonyl (C=O) groups excluding carboxylic acids is 1. The molecule has 0 saturated heterocycles. The number of ether oxygens (including phenoxy) is 1. The molecule has 5 heteroatoms. The van der Waals surface area contributed by atoms with E-state index in [0.717, 1.165) is 40.8 Å². The van der Waals surface area contributed by atoms with Crippen molar-refractivity contribution in [3.63, 3.8) is 0 Å². The summed E-state index contributed by atoms with van der Waals surface area (Å²) < 4.78 is 7.50. The fourth-order valence-electron chi connectivity index (χ4n) is 1.88. The van der Waals surface area contributed by atoms with Crippen LogP contribution in [0.25, 0.3) is 10.2 Å². The number of hydrogen-bond donors (Lipinski definition) is 0. The van der Waals surface area contributed by atoms with Crippen LogP contribution in [0.5, 0.6) is 0 Å². The minimum absolute atomic E-state index is 0.00499. The van der Waals surface area contributed by atoms with Gasteiger partial charge in [-0.05, 0) is 18.6 Å². The van der Waals surface area contributed by atoms with Gasteiger partial charge in [0.1, 0.15) is 6.54 Å². The second kappa shape index (κ2) is 6.52. The Morgan fingerprint density at radius 3 is 2.89 bits per heavy atom. The zero-order valence-electron chi connectivity index (χ0n) is 10.9. The lowest BCUT2D eigenvalue weighted by Gasteiger charge is -2.05. The molecule has 0 unspecified atom stereocenters. The fourth-order valence-corrected chi connectivity index (χ4v) is 2.77. The first-order valence-corrected chi connectivity index (χ1v) is 7.28. The smallest absolute Gasteiger partial charge is 0.326 e. The Labute approximate surface area is 115 Å². The number of unbranched alkanes of at least 4 members (excludes halogenated alkanes) is 2. The van der Waals surface area contributed by atoms with Crippen LogP contribution in [0.15, 0.2) is 29.1 Å². The molecule has 0 saturated carbocycles.